The van der Waals surface area contributed by atoms with Gasteiger partial charge in [-0.15, -0.1) is 9.19 Å². The summed E-state index contributed by atoms with van der Waals surface area (Å²) in [4.78, 5) is 11.8. The molecule has 1 amide bonds. The van der Waals surface area contributed by atoms with Gasteiger partial charge in [0.15, 0.2) is 5.69 Å². The molecule has 1 N–H and O–H groups in total. The number of hydrogen-bond acceptors (Lipinski definition) is 8. The average molecular weight is 444 g/mol. The van der Waals surface area contributed by atoms with Gasteiger partial charge in [0.2, 0.25) is 0 Å². The van der Waals surface area contributed by atoms with Crippen LogP contribution in [-0.2, 0) is 20.0 Å². The molecule has 0 aliphatic heterocycles. The first kappa shape index (κ1) is 23.0. The van der Waals surface area contributed by atoms with Gasteiger partial charge in [-0.05, 0) is 31.2 Å². The van der Waals surface area contributed by atoms with Crippen molar-refractivity contribution in [1.82, 2.24) is 19.1 Å². The molecule has 3 rings (SSSR count). The molecule has 0 saturated carbocycles. The van der Waals surface area contributed by atoms with Crippen molar-refractivity contribution < 1.29 is 56.3 Å². The zero-order valence-electron chi connectivity index (χ0n) is 15.3. The summed E-state index contributed by atoms with van der Waals surface area (Å²) in [7, 11) is -8.67. The van der Waals surface area contributed by atoms with Crippen molar-refractivity contribution in [1.29, 1.82) is 0 Å². The van der Waals surface area contributed by atoms with Crippen molar-refractivity contribution in [2.75, 3.05) is 0 Å². The largest absolute Gasteiger partial charge is 1.00 e. The molecule has 0 saturated heterocycles. The quantitative estimate of drug-likeness (QED) is 0.410. The van der Waals surface area contributed by atoms with Crippen LogP contribution < -0.4 is 39.4 Å². The van der Waals surface area contributed by atoms with Crippen LogP contribution in [0.25, 0.3) is 0 Å². The molecule has 2 aromatic carbocycles. The Morgan fingerprint density at radius 3 is 2.14 bits per heavy atom. The number of nitrogens with one attached hydrogen (secondary N) is 1. The van der Waals surface area contributed by atoms with Crippen molar-refractivity contribution in [3.05, 3.63) is 65.9 Å². The van der Waals surface area contributed by atoms with Gasteiger partial charge in [0.1, 0.15) is 0 Å². The van der Waals surface area contributed by atoms with E-state index in [9.17, 15) is 26.7 Å². The summed E-state index contributed by atoms with van der Waals surface area (Å²) in [5.74, 6) is -2.75. The molecule has 1 heterocycles. The van der Waals surface area contributed by atoms with Gasteiger partial charge < -0.3 is 5.11 Å². The summed E-state index contributed by atoms with van der Waals surface area (Å²) in [6, 6.07) is 12.5. The van der Waals surface area contributed by atoms with Crippen LogP contribution in [0, 0.1) is 6.92 Å². The van der Waals surface area contributed by atoms with E-state index in [0.29, 0.717) is 0 Å². The van der Waals surface area contributed by atoms with Crippen LogP contribution in [0.1, 0.15) is 16.1 Å². The number of aryl methyl sites for hydroxylation is 1. The Hall–Kier alpha value is -2.25. The topological polar surface area (TPSA) is 151 Å². The Morgan fingerprint density at radius 1 is 0.966 bits per heavy atom. The minimum Gasteiger partial charge on any atom is -0.856 e. The number of amides is 1. The van der Waals surface area contributed by atoms with Crippen LogP contribution in [0.4, 0.5) is 0 Å². The summed E-state index contributed by atoms with van der Waals surface area (Å²) < 4.78 is 51.1. The monoisotopic (exact) mass is 444 g/mol. The molecule has 29 heavy (non-hydrogen) atoms. The molecule has 0 atom stereocenters. The molecular weight excluding hydrogens is 431 g/mol. The first-order valence-corrected chi connectivity index (χ1v) is 10.6. The van der Waals surface area contributed by atoms with E-state index < -0.39 is 37.5 Å². The predicted octanol–water partition coefficient (Wildman–Crippen LogP) is -2.98. The van der Waals surface area contributed by atoms with E-state index in [1.165, 1.54) is 48.5 Å². The van der Waals surface area contributed by atoms with Crippen molar-refractivity contribution in [2.24, 2.45) is 0 Å². The van der Waals surface area contributed by atoms with Crippen molar-refractivity contribution >= 4 is 26.0 Å². The maximum atomic E-state index is 12.4. The van der Waals surface area contributed by atoms with Gasteiger partial charge in [0.05, 0.1) is 9.79 Å². The summed E-state index contributed by atoms with van der Waals surface area (Å²) in [5.41, 5.74) is -0.156. The molecule has 3 aromatic rings. The predicted molar refractivity (Wildman–Crippen MR) is 94.3 cm³/mol. The van der Waals surface area contributed by atoms with E-state index >= 15 is 0 Å². The summed E-state index contributed by atoms with van der Waals surface area (Å²) >= 11 is 0. The second-order valence-corrected chi connectivity index (χ2v) is 9.10. The number of sulfonamides is 1. The van der Waals surface area contributed by atoms with Crippen molar-refractivity contribution in [2.45, 2.75) is 16.7 Å². The van der Waals surface area contributed by atoms with Crippen molar-refractivity contribution in [3.8, 4) is 5.88 Å². The van der Waals surface area contributed by atoms with E-state index in [1.54, 1.807) is 17.7 Å². The second kappa shape index (κ2) is 8.63. The Morgan fingerprint density at radius 2 is 1.55 bits per heavy atom. The first-order chi connectivity index (χ1) is 13.1. The Kier molecular flexibility index (Phi) is 6.86. The number of carbonyl (C=O) groups excluding carboxylic acids is 1. The van der Waals surface area contributed by atoms with Crippen LogP contribution >= 0.6 is 0 Å². The van der Waals surface area contributed by atoms with E-state index in [4.69, 9.17) is 0 Å². The van der Waals surface area contributed by atoms with Crippen LogP contribution in [-0.4, -0.2) is 37.1 Å². The molecule has 0 radical (unpaired) electrons. The minimum absolute atomic E-state index is 0. The van der Waals surface area contributed by atoms with Gasteiger partial charge >= 0.3 is 29.6 Å². The molecule has 0 aliphatic carbocycles. The Bertz CT molecular complexity index is 1240. The zero-order valence-corrected chi connectivity index (χ0v) is 18.9. The Labute approximate surface area is 189 Å². The summed E-state index contributed by atoms with van der Waals surface area (Å²) in [5, 5.41) is 18.8. The Balaban J connectivity index is 0.00000300. The third-order valence-electron chi connectivity index (χ3n) is 3.64. The van der Waals surface area contributed by atoms with Crippen LogP contribution in [0.2, 0.25) is 0 Å². The third kappa shape index (κ3) is 4.67. The van der Waals surface area contributed by atoms with Gasteiger partial charge in [-0.1, -0.05) is 41.1 Å². The summed E-state index contributed by atoms with van der Waals surface area (Å²) in [6.45, 7) is 1.75. The maximum Gasteiger partial charge on any atom is 1.00 e. The molecule has 0 unspecified atom stereocenters. The fourth-order valence-corrected chi connectivity index (χ4v) is 4.29. The number of benzene rings is 2. The van der Waals surface area contributed by atoms with E-state index in [1.807, 2.05) is 0 Å². The molecule has 0 spiro atoms. The number of carbonyl (C=O) groups is 1. The number of hydrogen-bond donors (Lipinski definition) is 1. The molecule has 10 nitrogen and oxygen atoms in total. The zero-order chi connectivity index (χ0) is 20.5. The number of aromatic nitrogens is 3. The van der Waals surface area contributed by atoms with Gasteiger partial charge in [0.25, 0.3) is 26.0 Å². The number of rotatable bonds is 5. The van der Waals surface area contributed by atoms with Crippen LogP contribution in [0.15, 0.2) is 64.4 Å². The van der Waals surface area contributed by atoms with E-state index in [0.717, 1.165) is 5.56 Å². The molecule has 1 aromatic heterocycles. The fraction of sp³-hybridized carbons (Fsp3) is 0.0625. The SMILES string of the molecule is Cc1ccc(S(=O)(=O)NC(=O)c2nnn(S(=O)(=O)c3ccccc3)c2[O-])cc1.[Na+]. The standard InChI is InChI=1S/C16H14N4O6S2.Na/c1-11-7-9-12(10-8-11)27(23,24)18-15(21)14-16(22)20(19-17-14)28(25,26)13-5-3-2-4-6-13;/h2-10,22H,1H3,(H,18,21);/q;+1/p-1. The fourth-order valence-electron chi connectivity index (χ4n) is 2.20. The average Bonchev–Trinajstić information content (AvgIpc) is 3.05. The smallest absolute Gasteiger partial charge is 0.856 e. The normalized spacial score (nSPS) is 11.5. The van der Waals surface area contributed by atoms with Gasteiger partial charge in [-0.3, -0.25) is 4.79 Å². The maximum absolute atomic E-state index is 12.4. The summed E-state index contributed by atoms with van der Waals surface area (Å²) in [6.07, 6.45) is 0. The second-order valence-electron chi connectivity index (χ2n) is 5.65. The third-order valence-corrected chi connectivity index (χ3v) is 6.55. The molecular formula is C16H13N4NaO6S2. The van der Waals surface area contributed by atoms with Gasteiger partial charge in [-0.25, -0.2) is 13.1 Å². The molecule has 0 aliphatic rings. The van der Waals surface area contributed by atoms with Gasteiger partial charge in [0, 0.05) is 5.88 Å². The van der Waals surface area contributed by atoms with Crippen molar-refractivity contribution in [3.63, 3.8) is 0 Å². The minimum atomic E-state index is -4.38. The molecule has 0 fully saturated rings. The van der Waals surface area contributed by atoms with Crippen LogP contribution in [0.5, 0.6) is 5.88 Å². The van der Waals surface area contributed by atoms with Crippen LogP contribution in [0.3, 0.4) is 0 Å². The molecule has 0 bridgehead atoms. The van der Waals surface area contributed by atoms with E-state index in [2.05, 4.69) is 10.3 Å². The van der Waals surface area contributed by atoms with Gasteiger partial charge in [-0.2, -0.15) is 8.42 Å². The first-order valence-electron chi connectivity index (χ1n) is 7.70. The molecule has 146 valence electrons. The number of nitrogens with zero attached hydrogens (tertiary/aromatic N) is 3. The van der Waals surface area contributed by atoms with E-state index in [-0.39, 0.29) is 43.4 Å². The molecule has 13 heteroatoms.